The largest absolute Gasteiger partial charge is 0.497 e. The first-order valence-corrected chi connectivity index (χ1v) is 8.23. The topological polar surface area (TPSA) is 73.9 Å². The number of carbonyl (C=O) groups is 2. The Morgan fingerprint density at radius 1 is 0.923 bits per heavy atom. The van der Waals surface area contributed by atoms with Crippen molar-refractivity contribution in [2.75, 3.05) is 20.3 Å². The van der Waals surface area contributed by atoms with Crippen LogP contribution in [0.15, 0.2) is 42.5 Å². The van der Waals surface area contributed by atoms with E-state index in [9.17, 15) is 9.59 Å². The van der Waals surface area contributed by atoms with Crippen molar-refractivity contribution in [3.63, 3.8) is 0 Å². The number of amides is 1. The number of carbonyl (C=O) groups excluding carboxylic acids is 2. The molecule has 0 heterocycles. The second kappa shape index (κ2) is 9.46. The SMILES string of the molecule is COc1ccc(CNC(=O)COC(=O)COc2ccc(C)c(C)c2)cc1. The van der Waals surface area contributed by atoms with Crippen molar-refractivity contribution in [2.45, 2.75) is 20.4 Å². The van der Waals surface area contributed by atoms with Crippen molar-refractivity contribution < 1.29 is 23.8 Å². The maximum Gasteiger partial charge on any atom is 0.344 e. The normalized spacial score (nSPS) is 10.1. The van der Waals surface area contributed by atoms with Crippen molar-refractivity contribution in [1.29, 1.82) is 0 Å². The fourth-order valence-electron chi connectivity index (χ4n) is 2.13. The van der Waals surface area contributed by atoms with E-state index in [0.717, 1.165) is 22.4 Å². The van der Waals surface area contributed by atoms with Crippen LogP contribution >= 0.6 is 0 Å². The van der Waals surface area contributed by atoms with Gasteiger partial charge in [0.15, 0.2) is 13.2 Å². The van der Waals surface area contributed by atoms with E-state index >= 15 is 0 Å². The number of aryl methyl sites for hydroxylation is 2. The molecule has 0 fully saturated rings. The van der Waals surface area contributed by atoms with Gasteiger partial charge >= 0.3 is 5.97 Å². The van der Waals surface area contributed by atoms with E-state index < -0.39 is 5.97 Å². The summed E-state index contributed by atoms with van der Waals surface area (Å²) < 4.78 is 15.3. The van der Waals surface area contributed by atoms with Gasteiger partial charge in [0.05, 0.1) is 7.11 Å². The third-order valence-electron chi connectivity index (χ3n) is 3.85. The van der Waals surface area contributed by atoms with Gasteiger partial charge in [0, 0.05) is 6.54 Å². The third kappa shape index (κ3) is 6.12. The van der Waals surface area contributed by atoms with Crippen molar-refractivity contribution in [2.24, 2.45) is 0 Å². The van der Waals surface area contributed by atoms with Gasteiger partial charge in [0.25, 0.3) is 5.91 Å². The fourth-order valence-corrected chi connectivity index (χ4v) is 2.13. The summed E-state index contributed by atoms with van der Waals surface area (Å²) >= 11 is 0. The van der Waals surface area contributed by atoms with Gasteiger partial charge in [-0.1, -0.05) is 18.2 Å². The van der Waals surface area contributed by atoms with Crippen LogP contribution in [0.1, 0.15) is 16.7 Å². The Hall–Kier alpha value is -3.02. The molecule has 1 amide bonds. The first kappa shape index (κ1) is 19.3. The van der Waals surface area contributed by atoms with Crippen LogP contribution < -0.4 is 14.8 Å². The molecule has 0 saturated heterocycles. The maximum absolute atomic E-state index is 11.7. The summed E-state index contributed by atoms with van der Waals surface area (Å²) in [6.07, 6.45) is 0. The molecule has 0 unspecified atom stereocenters. The van der Waals surface area contributed by atoms with E-state index in [4.69, 9.17) is 14.2 Å². The maximum atomic E-state index is 11.7. The summed E-state index contributed by atoms with van der Waals surface area (Å²) in [5.74, 6) is 0.370. The van der Waals surface area contributed by atoms with Gasteiger partial charge in [-0.2, -0.15) is 0 Å². The van der Waals surface area contributed by atoms with Gasteiger partial charge in [-0.25, -0.2) is 4.79 Å². The smallest absolute Gasteiger partial charge is 0.344 e. The molecular weight excluding hydrogens is 334 g/mol. The summed E-state index contributed by atoms with van der Waals surface area (Å²) in [4.78, 5) is 23.4. The monoisotopic (exact) mass is 357 g/mol. The number of hydrogen-bond acceptors (Lipinski definition) is 5. The minimum atomic E-state index is -0.595. The fraction of sp³-hybridized carbons (Fsp3) is 0.300. The molecule has 2 rings (SSSR count). The van der Waals surface area contributed by atoms with Gasteiger partial charge in [0.1, 0.15) is 11.5 Å². The van der Waals surface area contributed by atoms with E-state index in [1.807, 2.05) is 50.2 Å². The molecule has 1 N–H and O–H groups in total. The molecule has 2 aromatic carbocycles. The minimum Gasteiger partial charge on any atom is -0.497 e. The molecule has 0 spiro atoms. The van der Waals surface area contributed by atoms with E-state index in [1.54, 1.807) is 13.2 Å². The lowest BCUT2D eigenvalue weighted by molar-refractivity contribution is -0.150. The number of ether oxygens (including phenoxy) is 3. The van der Waals surface area contributed by atoms with Crippen molar-refractivity contribution in [1.82, 2.24) is 5.32 Å². The standard InChI is InChI=1S/C20H23NO5/c1-14-4-7-18(10-15(14)2)25-13-20(23)26-12-19(22)21-11-16-5-8-17(24-3)9-6-16/h4-10H,11-13H2,1-3H3,(H,21,22). The Kier molecular flexibility index (Phi) is 7.02. The minimum absolute atomic E-state index is 0.242. The first-order valence-electron chi connectivity index (χ1n) is 8.23. The second-order valence-electron chi connectivity index (χ2n) is 5.82. The number of methoxy groups -OCH3 is 1. The second-order valence-corrected chi connectivity index (χ2v) is 5.82. The van der Waals surface area contributed by atoms with Crippen molar-refractivity contribution in [3.05, 3.63) is 59.2 Å². The number of nitrogens with one attached hydrogen (secondary N) is 1. The van der Waals surface area contributed by atoms with E-state index in [0.29, 0.717) is 12.3 Å². The predicted molar refractivity (Wildman–Crippen MR) is 97.2 cm³/mol. The van der Waals surface area contributed by atoms with Crippen LogP contribution in [-0.2, 0) is 20.9 Å². The van der Waals surface area contributed by atoms with E-state index in [1.165, 1.54) is 0 Å². The Morgan fingerprint density at radius 2 is 1.62 bits per heavy atom. The van der Waals surface area contributed by atoms with Gasteiger partial charge in [-0.3, -0.25) is 4.79 Å². The Balaban J connectivity index is 1.67. The molecule has 0 aliphatic carbocycles. The molecule has 0 saturated carbocycles. The zero-order chi connectivity index (χ0) is 18.9. The number of esters is 1. The molecule has 0 radical (unpaired) electrons. The van der Waals surface area contributed by atoms with Crippen LogP contribution in [0, 0.1) is 13.8 Å². The zero-order valence-corrected chi connectivity index (χ0v) is 15.2. The summed E-state index contributed by atoms with van der Waals surface area (Å²) in [6, 6.07) is 12.9. The zero-order valence-electron chi connectivity index (χ0n) is 15.2. The van der Waals surface area contributed by atoms with Gasteiger partial charge in [0.2, 0.25) is 0 Å². The van der Waals surface area contributed by atoms with Crippen LogP contribution in [0.2, 0.25) is 0 Å². The highest BCUT2D eigenvalue weighted by Gasteiger charge is 2.09. The highest BCUT2D eigenvalue weighted by molar-refractivity contribution is 5.80. The molecule has 2 aromatic rings. The van der Waals surface area contributed by atoms with Crippen LogP contribution in [-0.4, -0.2) is 32.2 Å². The van der Waals surface area contributed by atoms with Crippen LogP contribution in [0.25, 0.3) is 0 Å². The molecule has 0 aliphatic rings. The van der Waals surface area contributed by atoms with E-state index in [-0.39, 0.29) is 19.1 Å². The lowest BCUT2D eigenvalue weighted by atomic mass is 10.1. The molecule has 0 aliphatic heterocycles. The first-order chi connectivity index (χ1) is 12.5. The highest BCUT2D eigenvalue weighted by Crippen LogP contribution is 2.16. The highest BCUT2D eigenvalue weighted by atomic mass is 16.6. The molecular formula is C20H23NO5. The molecule has 6 heteroatoms. The quantitative estimate of drug-likeness (QED) is 0.735. The number of rotatable bonds is 8. The molecule has 0 aromatic heterocycles. The molecule has 6 nitrogen and oxygen atoms in total. The Morgan fingerprint density at radius 3 is 2.27 bits per heavy atom. The van der Waals surface area contributed by atoms with Crippen molar-refractivity contribution in [3.8, 4) is 11.5 Å². The number of benzene rings is 2. The lowest BCUT2D eigenvalue weighted by Gasteiger charge is -2.09. The molecule has 138 valence electrons. The summed E-state index contributed by atoms with van der Waals surface area (Å²) in [5.41, 5.74) is 3.14. The van der Waals surface area contributed by atoms with Gasteiger partial charge < -0.3 is 19.5 Å². The third-order valence-corrected chi connectivity index (χ3v) is 3.85. The van der Waals surface area contributed by atoms with Crippen LogP contribution in [0.5, 0.6) is 11.5 Å². The lowest BCUT2D eigenvalue weighted by Crippen LogP contribution is -2.29. The van der Waals surface area contributed by atoms with Crippen molar-refractivity contribution >= 4 is 11.9 Å². The number of hydrogen-bond donors (Lipinski definition) is 1. The summed E-state index contributed by atoms with van der Waals surface area (Å²) in [5, 5.41) is 2.68. The predicted octanol–water partition coefficient (Wildman–Crippen LogP) is 2.55. The molecule has 26 heavy (non-hydrogen) atoms. The summed E-state index contributed by atoms with van der Waals surface area (Å²) in [6.45, 7) is 3.73. The van der Waals surface area contributed by atoms with Crippen LogP contribution in [0.4, 0.5) is 0 Å². The Labute approximate surface area is 153 Å². The Bertz CT molecular complexity index is 755. The van der Waals surface area contributed by atoms with Gasteiger partial charge in [-0.15, -0.1) is 0 Å². The summed E-state index contributed by atoms with van der Waals surface area (Å²) in [7, 11) is 1.59. The van der Waals surface area contributed by atoms with Crippen LogP contribution in [0.3, 0.4) is 0 Å². The molecule has 0 bridgehead atoms. The average Bonchev–Trinajstić information content (AvgIpc) is 2.66. The van der Waals surface area contributed by atoms with Gasteiger partial charge in [-0.05, 0) is 54.8 Å². The van der Waals surface area contributed by atoms with E-state index in [2.05, 4.69) is 5.32 Å². The average molecular weight is 357 g/mol. The molecule has 0 atom stereocenters.